The van der Waals surface area contributed by atoms with Gasteiger partial charge >= 0.3 is 6.18 Å². The van der Waals surface area contributed by atoms with Gasteiger partial charge in [0.2, 0.25) is 5.91 Å². The molecule has 0 bridgehead atoms. The van der Waals surface area contributed by atoms with Crippen molar-refractivity contribution in [1.29, 1.82) is 0 Å². The van der Waals surface area contributed by atoms with Gasteiger partial charge in [-0.1, -0.05) is 47.5 Å². The van der Waals surface area contributed by atoms with E-state index >= 15 is 0 Å². The average molecular weight is 677 g/mol. The van der Waals surface area contributed by atoms with Gasteiger partial charge in [0.15, 0.2) is 0 Å². The Morgan fingerprint density at radius 2 is 1.53 bits per heavy atom. The molecule has 1 unspecified atom stereocenters. The lowest BCUT2D eigenvalue weighted by atomic mass is 10.1. The third-order valence-corrected chi connectivity index (χ3v) is 7.93. The van der Waals surface area contributed by atoms with Crippen LogP contribution in [-0.2, 0) is 15.8 Å². The van der Waals surface area contributed by atoms with E-state index in [9.17, 15) is 31.9 Å². The Kier molecular flexibility index (Phi) is 10.9. The van der Waals surface area contributed by atoms with E-state index in [1.165, 1.54) is 12.1 Å². The second kappa shape index (κ2) is 14.6. The Labute approximate surface area is 269 Å². The summed E-state index contributed by atoms with van der Waals surface area (Å²) in [5.41, 5.74) is -0.894. The first kappa shape index (κ1) is 33.6. The summed E-state index contributed by atoms with van der Waals surface area (Å²) in [4.78, 5) is 39.4. The van der Waals surface area contributed by atoms with Crippen LogP contribution in [-0.4, -0.2) is 23.0 Å². The molecule has 4 rings (SSSR count). The van der Waals surface area contributed by atoms with E-state index in [2.05, 4.69) is 16.0 Å². The Bertz CT molecular complexity index is 1730. The minimum absolute atomic E-state index is 0.0316. The number of rotatable bonds is 9. The van der Waals surface area contributed by atoms with Crippen molar-refractivity contribution >= 4 is 70.1 Å². The molecule has 0 saturated carbocycles. The maximum absolute atomic E-state index is 14.5. The molecule has 0 aliphatic heterocycles. The number of nitrogens with one attached hydrogen (secondary N) is 3. The first-order valence-corrected chi connectivity index (χ1v) is 14.7. The van der Waals surface area contributed by atoms with Gasteiger partial charge in [-0.05, 0) is 79.7 Å². The number of hydrogen-bond donors (Lipinski definition) is 3. The Morgan fingerprint density at radius 3 is 2.18 bits per heavy atom. The van der Waals surface area contributed by atoms with Gasteiger partial charge in [0.1, 0.15) is 11.5 Å². The normalized spacial score (nSPS) is 12.3. The van der Waals surface area contributed by atoms with Crippen LogP contribution in [0.25, 0.3) is 6.08 Å². The molecule has 4 aromatic carbocycles. The highest BCUT2D eigenvalue weighted by Crippen LogP contribution is 2.34. The molecule has 0 heterocycles. The number of amides is 3. The molecule has 0 radical (unpaired) electrons. The Hall–Kier alpha value is -4.32. The van der Waals surface area contributed by atoms with Crippen LogP contribution in [0.15, 0.2) is 102 Å². The maximum atomic E-state index is 14.5. The number of anilines is 2. The fourth-order valence-electron chi connectivity index (χ4n) is 3.84. The van der Waals surface area contributed by atoms with Crippen LogP contribution < -0.4 is 16.0 Å². The van der Waals surface area contributed by atoms with Gasteiger partial charge in [0, 0.05) is 21.7 Å². The molecule has 1 atom stereocenters. The van der Waals surface area contributed by atoms with Gasteiger partial charge in [-0.2, -0.15) is 13.2 Å². The first-order chi connectivity index (χ1) is 21.3. The number of carbonyl (C=O) groups excluding carboxylic acids is 3. The highest BCUT2D eigenvalue weighted by Gasteiger charge is 2.31. The van der Waals surface area contributed by atoms with Crippen molar-refractivity contribution in [3.8, 4) is 0 Å². The Morgan fingerprint density at radius 1 is 0.844 bits per heavy atom. The molecule has 0 aliphatic carbocycles. The van der Waals surface area contributed by atoms with Crippen LogP contribution in [0.2, 0.25) is 10.0 Å². The first-order valence-electron chi connectivity index (χ1n) is 13.1. The third-order valence-electron chi connectivity index (χ3n) is 6.16. The molecule has 6 nitrogen and oxygen atoms in total. The summed E-state index contributed by atoms with van der Waals surface area (Å²) in [6.07, 6.45) is -3.47. The van der Waals surface area contributed by atoms with Crippen molar-refractivity contribution in [3.63, 3.8) is 0 Å². The number of halogens is 6. The summed E-state index contributed by atoms with van der Waals surface area (Å²) in [7, 11) is 0. The van der Waals surface area contributed by atoms with Crippen LogP contribution >= 0.6 is 35.0 Å². The van der Waals surface area contributed by atoms with Crippen molar-refractivity contribution < 1.29 is 31.9 Å². The summed E-state index contributed by atoms with van der Waals surface area (Å²) in [5.74, 6) is -2.63. The Balaban J connectivity index is 1.46. The summed E-state index contributed by atoms with van der Waals surface area (Å²) < 4.78 is 53.7. The number of thioether (sulfide) groups is 1. The van der Waals surface area contributed by atoms with Gasteiger partial charge in [0.25, 0.3) is 11.8 Å². The van der Waals surface area contributed by atoms with Crippen LogP contribution in [0.5, 0.6) is 0 Å². The second-order valence-electron chi connectivity index (χ2n) is 9.43. The number of benzene rings is 4. The van der Waals surface area contributed by atoms with E-state index in [1.807, 2.05) is 0 Å². The molecule has 4 aromatic rings. The third kappa shape index (κ3) is 9.10. The van der Waals surface area contributed by atoms with Crippen molar-refractivity contribution in [2.75, 3.05) is 10.6 Å². The van der Waals surface area contributed by atoms with E-state index in [0.29, 0.717) is 10.6 Å². The lowest BCUT2D eigenvalue weighted by Gasteiger charge is -2.15. The highest BCUT2D eigenvalue weighted by molar-refractivity contribution is 8.00. The molecule has 0 aliphatic rings. The SMILES string of the molecule is CC(Sc1ccc(NC(=O)/C(=C/c2c(F)cccc2Cl)NC(=O)c2ccccc2)cc1)C(=O)Nc1cc(C(F)(F)F)ccc1Cl. The van der Waals surface area contributed by atoms with Crippen molar-refractivity contribution in [3.05, 3.63) is 129 Å². The standard InChI is InChI=1S/C32H23Cl2F4N3O3S/c1-18(29(42)40-27-16-20(32(36,37)38)10-15-25(27)34)45-22-13-11-21(12-14-22)39-31(44)28(17-23-24(33)8-5-9-26(23)35)41-30(43)19-6-3-2-4-7-19/h2-18H,1H3,(H,39,44)(H,40,42)(H,41,43)/b28-17-. The fourth-order valence-corrected chi connectivity index (χ4v) is 5.09. The summed E-state index contributed by atoms with van der Waals surface area (Å²) >= 11 is 13.2. The summed E-state index contributed by atoms with van der Waals surface area (Å²) in [6.45, 7) is 1.57. The van der Waals surface area contributed by atoms with Gasteiger partial charge in [0.05, 0.1) is 26.5 Å². The monoisotopic (exact) mass is 675 g/mol. The van der Waals surface area contributed by atoms with E-state index in [-0.39, 0.29) is 32.6 Å². The van der Waals surface area contributed by atoms with Gasteiger partial charge in [-0.25, -0.2) is 4.39 Å². The quantitative estimate of drug-likeness (QED) is 0.0941. The highest BCUT2D eigenvalue weighted by atomic mass is 35.5. The van der Waals surface area contributed by atoms with E-state index < -0.39 is 40.5 Å². The zero-order valence-corrected chi connectivity index (χ0v) is 25.5. The number of carbonyl (C=O) groups is 3. The molecule has 0 spiro atoms. The predicted octanol–water partition coefficient (Wildman–Crippen LogP) is 8.68. The van der Waals surface area contributed by atoms with Crippen LogP contribution in [0.3, 0.4) is 0 Å². The lowest BCUT2D eigenvalue weighted by molar-refractivity contribution is -0.137. The van der Waals surface area contributed by atoms with Gasteiger partial charge < -0.3 is 16.0 Å². The summed E-state index contributed by atoms with van der Waals surface area (Å²) in [6, 6.07) is 21.1. The molecule has 0 fully saturated rings. The van der Waals surface area contributed by atoms with Crippen LogP contribution in [0, 0.1) is 5.82 Å². The largest absolute Gasteiger partial charge is 0.416 e. The molecule has 0 aromatic heterocycles. The van der Waals surface area contributed by atoms with Gasteiger partial charge in [-0.15, -0.1) is 11.8 Å². The van der Waals surface area contributed by atoms with Gasteiger partial charge in [-0.3, -0.25) is 14.4 Å². The average Bonchev–Trinajstić information content (AvgIpc) is 3.00. The molecular formula is C32H23Cl2F4N3O3S. The fraction of sp³-hybridized carbons (Fsp3) is 0.0938. The zero-order chi connectivity index (χ0) is 32.7. The summed E-state index contributed by atoms with van der Waals surface area (Å²) in [5, 5.41) is 6.82. The topological polar surface area (TPSA) is 87.3 Å². The molecule has 3 N–H and O–H groups in total. The van der Waals surface area contributed by atoms with Crippen molar-refractivity contribution in [2.24, 2.45) is 0 Å². The smallest absolute Gasteiger partial charge is 0.324 e. The van der Waals surface area contributed by atoms with Crippen LogP contribution in [0.4, 0.5) is 28.9 Å². The molecule has 3 amide bonds. The van der Waals surface area contributed by atoms with E-state index in [0.717, 1.165) is 42.1 Å². The minimum Gasteiger partial charge on any atom is -0.324 e. The predicted molar refractivity (Wildman–Crippen MR) is 169 cm³/mol. The second-order valence-corrected chi connectivity index (χ2v) is 11.7. The van der Waals surface area contributed by atoms with E-state index in [4.69, 9.17) is 23.2 Å². The van der Waals surface area contributed by atoms with Crippen LogP contribution in [0.1, 0.15) is 28.4 Å². The van der Waals surface area contributed by atoms with Crippen molar-refractivity contribution in [1.82, 2.24) is 5.32 Å². The minimum atomic E-state index is -4.60. The molecule has 45 heavy (non-hydrogen) atoms. The van der Waals surface area contributed by atoms with E-state index in [1.54, 1.807) is 61.5 Å². The molecule has 0 saturated heterocycles. The molecule has 232 valence electrons. The number of hydrogen-bond acceptors (Lipinski definition) is 4. The van der Waals surface area contributed by atoms with Crippen molar-refractivity contribution in [2.45, 2.75) is 23.2 Å². The zero-order valence-electron chi connectivity index (χ0n) is 23.2. The lowest BCUT2D eigenvalue weighted by Crippen LogP contribution is -2.30. The molecule has 13 heteroatoms. The molecular weight excluding hydrogens is 653 g/mol. The number of alkyl halides is 3. The maximum Gasteiger partial charge on any atom is 0.416 e.